The molecule has 0 atom stereocenters. The molecule has 1 aromatic heterocycles. The zero-order valence-corrected chi connectivity index (χ0v) is 8.01. The Morgan fingerprint density at radius 2 is 2.00 bits per heavy atom. The molecule has 3 heteroatoms. The third kappa shape index (κ3) is 1.26. The first-order chi connectivity index (χ1) is 5.57. The molecule has 0 bridgehead atoms. The number of aromatic nitrogens is 2. The van der Waals surface area contributed by atoms with Crippen molar-refractivity contribution in [1.29, 1.82) is 0 Å². The predicted molar refractivity (Wildman–Crippen MR) is 48.3 cm³/mol. The Morgan fingerprint density at radius 3 is 2.50 bits per heavy atom. The maximum atomic E-state index is 11.2. The van der Waals surface area contributed by atoms with E-state index in [4.69, 9.17) is 0 Å². The lowest BCUT2D eigenvalue weighted by Gasteiger charge is -2.08. The molecule has 0 radical (unpaired) electrons. The molecule has 0 N–H and O–H groups in total. The molecule has 0 fully saturated rings. The molecule has 1 rings (SSSR count). The molecule has 1 aromatic rings. The molecule has 0 saturated carbocycles. The zero-order chi connectivity index (χ0) is 9.30. The van der Waals surface area contributed by atoms with Crippen molar-refractivity contribution < 1.29 is 0 Å². The number of hydrogen-bond donors (Lipinski definition) is 0. The van der Waals surface area contributed by atoms with Crippen LogP contribution < -0.4 is 5.69 Å². The smallest absolute Gasteiger partial charge is 0.299 e. The van der Waals surface area contributed by atoms with E-state index in [1.165, 1.54) is 0 Å². The van der Waals surface area contributed by atoms with Crippen LogP contribution in [0.3, 0.4) is 0 Å². The molecule has 0 aliphatic rings. The van der Waals surface area contributed by atoms with E-state index in [0.717, 1.165) is 23.4 Å². The van der Waals surface area contributed by atoms with E-state index in [1.807, 2.05) is 20.8 Å². The van der Waals surface area contributed by atoms with Gasteiger partial charge in [-0.25, -0.2) is 4.79 Å². The maximum absolute atomic E-state index is 11.2. The summed E-state index contributed by atoms with van der Waals surface area (Å²) in [7, 11) is 1.75. The third-order valence-corrected chi connectivity index (χ3v) is 2.33. The van der Waals surface area contributed by atoms with Crippen molar-refractivity contribution in [2.24, 2.45) is 7.05 Å². The first kappa shape index (κ1) is 8.97. The van der Waals surface area contributed by atoms with Crippen molar-refractivity contribution in [3.05, 3.63) is 27.4 Å². The number of hydrogen-bond acceptors (Lipinski definition) is 2. The lowest BCUT2D eigenvalue weighted by molar-refractivity contribution is 0.742. The van der Waals surface area contributed by atoms with Gasteiger partial charge in [0.15, 0.2) is 0 Å². The highest BCUT2D eigenvalue weighted by molar-refractivity contribution is 5.22. The van der Waals surface area contributed by atoms with Crippen LogP contribution in [0.25, 0.3) is 0 Å². The molecular formula is C9H14N2O. The fourth-order valence-corrected chi connectivity index (χ4v) is 1.22. The van der Waals surface area contributed by atoms with Gasteiger partial charge in [0.2, 0.25) is 0 Å². The van der Waals surface area contributed by atoms with E-state index < -0.39 is 0 Å². The Balaban J connectivity index is 3.50. The summed E-state index contributed by atoms with van der Waals surface area (Å²) in [5.74, 6) is 0. The summed E-state index contributed by atoms with van der Waals surface area (Å²) >= 11 is 0. The average Bonchev–Trinajstić information content (AvgIpc) is 2.08. The van der Waals surface area contributed by atoms with Gasteiger partial charge in [-0.15, -0.1) is 0 Å². The topological polar surface area (TPSA) is 34.9 Å². The van der Waals surface area contributed by atoms with Gasteiger partial charge in [-0.05, 0) is 25.8 Å². The Morgan fingerprint density at radius 1 is 1.42 bits per heavy atom. The summed E-state index contributed by atoms with van der Waals surface area (Å²) in [6.45, 7) is 5.95. The number of aryl methyl sites for hydroxylation is 1. The highest BCUT2D eigenvalue weighted by Crippen LogP contribution is 2.06. The quantitative estimate of drug-likeness (QED) is 0.622. The Labute approximate surface area is 72.1 Å². The second-order valence-corrected chi connectivity index (χ2v) is 2.96. The molecule has 12 heavy (non-hydrogen) atoms. The lowest BCUT2D eigenvalue weighted by atomic mass is 10.1. The molecular weight excluding hydrogens is 152 g/mol. The maximum Gasteiger partial charge on any atom is 0.347 e. The van der Waals surface area contributed by atoms with Crippen molar-refractivity contribution in [3.8, 4) is 0 Å². The third-order valence-electron chi connectivity index (χ3n) is 2.33. The first-order valence-electron chi connectivity index (χ1n) is 4.11. The molecule has 0 saturated heterocycles. The van der Waals surface area contributed by atoms with Crippen LogP contribution >= 0.6 is 0 Å². The minimum Gasteiger partial charge on any atom is -0.299 e. The molecule has 0 aliphatic carbocycles. The van der Waals surface area contributed by atoms with E-state index in [9.17, 15) is 4.79 Å². The van der Waals surface area contributed by atoms with Crippen LogP contribution in [0, 0.1) is 13.8 Å². The van der Waals surface area contributed by atoms with E-state index in [0.29, 0.717) is 0 Å². The summed E-state index contributed by atoms with van der Waals surface area (Å²) in [5, 5.41) is 0. The van der Waals surface area contributed by atoms with Gasteiger partial charge in [-0.1, -0.05) is 6.92 Å². The fraction of sp³-hybridized carbons (Fsp3) is 0.556. The number of nitrogens with zero attached hydrogens (tertiary/aromatic N) is 2. The second-order valence-electron chi connectivity index (χ2n) is 2.96. The fourth-order valence-electron chi connectivity index (χ4n) is 1.22. The van der Waals surface area contributed by atoms with Gasteiger partial charge in [0.05, 0.1) is 5.69 Å². The SMILES string of the molecule is CCc1nc(=O)n(C)c(C)c1C. The van der Waals surface area contributed by atoms with E-state index >= 15 is 0 Å². The van der Waals surface area contributed by atoms with Crippen LogP contribution in [0.15, 0.2) is 4.79 Å². The van der Waals surface area contributed by atoms with Crippen molar-refractivity contribution in [2.45, 2.75) is 27.2 Å². The summed E-state index contributed by atoms with van der Waals surface area (Å²) < 4.78 is 1.58. The molecule has 3 nitrogen and oxygen atoms in total. The van der Waals surface area contributed by atoms with Gasteiger partial charge in [-0.2, -0.15) is 4.98 Å². The van der Waals surface area contributed by atoms with Gasteiger partial charge < -0.3 is 0 Å². The summed E-state index contributed by atoms with van der Waals surface area (Å²) in [4.78, 5) is 15.2. The van der Waals surface area contributed by atoms with Crippen LogP contribution in [0.5, 0.6) is 0 Å². The molecule has 0 spiro atoms. The molecule has 66 valence electrons. The van der Waals surface area contributed by atoms with Crippen molar-refractivity contribution >= 4 is 0 Å². The largest absolute Gasteiger partial charge is 0.347 e. The molecule has 0 aromatic carbocycles. The summed E-state index contributed by atoms with van der Waals surface area (Å²) in [6.07, 6.45) is 0.822. The van der Waals surface area contributed by atoms with Gasteiger partial charge in [0.25, 0.3) is 0 Å². The van der Waals surface area contributed by atoms with Crippen LogP contribution in [-0.4, -0.2) is 9.55 Å². The molecule has 0 amide bonds. The second kappa shape index (κ2) is 3.09. The highest BCUT2D eigenvalue weighted by atomic mass is 16.1. The molecule has 0 unspecified atom stereocenters. The Bertz CT molecular complexity index is 352. The average molecular weight is 166 g/mol. The van der Waals surface area contributed by atoms with Crippen LogP contribution in [0.1, 0.15) is 23.9 Å². The monoisotopic (exact) mass is 166 g/mol. The lowest BCUT2D eigenvalue weighted by Crippen LogP contribution is -2.24. The Hall–Kier alpha value is -1.12. The van der Waals surface area contributed by atoms with E-state index in [1.54, 1.807) is 11.6 Å². The van der Waals surface area contributed by atoms with Crippen molar-refractivity contribution in [3.63, 3.8) is 0 Å². The van der Waals surface area contributed by atoms with Gasteiger partial charge in [0, 0.05) is 12.7 Å². The van der Waals surface area contributed by atoms with Crippen LogP contribution in [0.2, 0.25) is 0 Å². The van der Waals surface area contributed by atoms with E-state index in [2.05, 4.69) is 4.98 Å². The van der Waals surface area contributed by atoms with Crippen LogP contribution in [0.4, 0.5) is 0 Å². The number of rotatable bonds is 1. The highest BCUT2D eigenvalue weighted by Gasteiger charge is 2.05. The van der Waals surface area contributed by atoms with Crippen molar-refractivity contribution in [2.75, 3.05) is 0 Å². The zero-order valence-electron chi connectivity index (χ0n) is 8.01. The predicted octanol–water partition coefficient (Wildman–Crippen LogP) is 0.960. The minimum absolute atomic E-state index is 0.157. The van der Waals surface area contributed by atoms with Crippen molar-refractivity contribution in [1.82, 2.24) is 9.55 Å². The Kier molecular flexibility index (Phi) is 2.31. The molecule has 1 heterocycles. The standard InChI is InChI=1S/C9H14N2O/c1-5-8-6(2)7(3)11(4)9(12)10-8/h5H2,1-4H3. The van der Waals surface area contributed by atoms with Gasteiger partial charge in [0.1, 0.15) is 0 Å². The molecule has 0 aliphatic heterocycles. The van der Waals surface area contributed by atoms with Gasteiger partial charge >= 0.3 is 5.69 Å². The first-order valence-corrected chi connectivity index (χ1v) is 4.11. The normalized spacial score (nSPS) is 10.3. The summed E-state index contributed by atoms with van der Waals surface area (Å²) in [6, 6.07) is 0. The van der Waals surface area contributed by atoms with Gasteiger partial charge in [-0.3, -0.25) is 4.57 Å². The summed E-state index contributed by atoms with van der Waals surface area (Å²) in [5.41, 5.74) is 2.89. The minimum atomic E-state index is -0.157. The van der Waals surface area contributed by atoms with E-state index in [-0.39, 0.29) is 5.69 Å². The van der Waals surface area contributed by atoms with Crippen LogP contribution in [-0.2, 0) is 13.5 Å².